The number of allylic oxidation sites excluding steroid dienone is 6. The molecule has 0 aliphatic heterocycles. The Kier molecular flexibility index (Phi) is 7.76. The fraction of sp³-hybridized carbons (Fsp3) is 0.0769. The molecule has 0 fully saturated rings. The van der Waals surface area contributed by atoms with Gasteiger partial charge in [0.1, 0.15) is 0 Å². The third kappa shape index (κ3) is 5.45. The molecule has 0 saturated heterocycles. The normalized spacial score (nSPS) is 13.0. The summed E-state index contributed by atoms with van der Waals surface area (Å²) in [5.41, 5.74) is 8.04. The van der Waals surface area contributed by atoms with Gasteiger partial charge in [0.2, 0.25) is 0 Å². The smallest absolute Gasteiger partial charge is 0.0186 e. The van der Waals surface area contributed by atoms with E-state index in [1.165, 1.54) is 68.9 Å². The molecule has 0 N–H and O–H groups in total. The topological polar surface area (TPSA) is 0 Å². The van der Waals surface area contributed by atoms with Gasteiger partial charge in [-0.15, -0.1) is 46.2 Å². The Morgan fingerprint density at radius 1 is 0.725 bits per heavy atom. The Bertz CT molecular complexity index is 1920. The molecule has 0 aromatic heterocycles. The van der Waals surface area contributed by atoms with Crippen molar-refractivity contribution in [3.63, 3.8) is 0 Å². The van der Waals surface area contributed by atoms with Crippen molar-refractivity contribution in [1.82, 2.24) is 0 Å². The second kappa shape index (κ2) is 11.7. The number of hydrogen-bond acceptors (Lipinski definition) is 0. The minimum Gasteiger partial charge on any atom is -0.168 e. The van der Waals surface area contributed by atoms with Crippen LogP contribution in [-0.2, 0) is 30.7 Å². The van der Waals surface area contributed by atoms with Crippen LogP contribution in [0.2, 0.25) is 0 Å². The average Bonchev–Trinajstić information content (AvgIpc) is 3.64. The Balaban J connectivity index is 0.000000129. The molecule has 8 rings (SSSR count). The van der Waals surface area contributed by atoms with Gasteiger partial charge in [-0.05, 0) is 28.0 Å². The van der Waals surface area contributed by atoms with Crippen LogP contribution in [0.3, 0.4) is 0 Å². The third-order valence-electron chi connectivity index (χ3n) is 7.31. The predicted molar refractivity (Wildman–Crippen MR) is 170 cm³/mol. The molecule has 0 bridgehead atoms. The monoisotopic (exact) mass is 588 g/mol. The summed E-state index contributed by atoms with van der Waals surface area (Å²) < 4.78 is 1.51. The van der Waals surface area contributed by atoms with Gasteiger partial charge < -0.3 is 0 Å². The van der Waals surface area contributed by atoms with Gasteiger partial charge in [-0.25, -0.2) is 0 Å². The molecule has 0 nitrogen and oxygen atoms in total. The zero-order chi connectivity index (χ0) is 27.5. The van der Waals surface area contributed by atoms with Crippen LogP contribution < -0.4 is 0 Å². The molecule has 1 heteroatoms. The Morgan fingerprint density at radius 2 is 1.38 bits per heavy atom. The Morgan fingerprint density at radius 3 is 2.15 bits per heavy atom. The van der Waals surface area contributed by atoms with E-state index in [4.69, 9.17) is 0 Å². The molecule has 0 amide bonds. The Hall–Kier alpha value is -3.80. The zero-order valence-corrected chi connectivity index (χ0v) is 25.4. The largest absolute Gasteiger partial charge is 0.168 e. The van der Waals surface area contributed by atoms with Gasteiger partial charge >= 0.3 is 41.3 Å². The van der Waals surface area contributed by atoms with Gasteiger partial charge in [-0.2, -0.15) is 23.8 Å². The van der Waals surface area contributed by atoms with Crippen LogP contribution >= 0.6 is 0 Å². The molecule has 6 aromatic carbocycles. The van der Waals surface area contributed by atoms with Gasteiger partial charge in [-0.3, -0.25) is 0 Å². The number of rotatable bonds is 1. The third-order valence-corrected chi connectivity index (χ3v) is 7.31. The van der Waals surface area contributed by atoms with E-state index in [0.29, 0.717) is 0 Å². The molecule has 0 unspecified atom stereocenters. The minimum atomic E-state index is 1.02. The van der Waals surface area contributed by atoms with Crippen LogP contribution in [0, 0.1) is 6.08 Å². The summed E-state index contributed by atoms with van der Waals surface area (Å²) in [6, 6.07) is 41.2. The Labute approximate surface area is 251 Å². The van der Waals surface area contributed by atoms with Crippen molar-refractivity contribution in [1.29, 1.82) is 0 Å². The van der Waals surface area contributed by atoms with E-state index in [0.717, 1.165) is 6.42 Å². The maximum Gasteiger partial charge on any atom is -0.0186 e. The van der Waals surface area contributed by atoms with Crippen LogP contribution in [0.5, 0.6) is 0 Å². The minimum absolute atomic E-state index is 1.02. The summed E-state index contributed by atoms with van der Waals surface area (Å²) in [6.45, 7) is 4.25. The fourth-order valence-electron chi connectivity index (χ4n) is 5.57. The first-order valence-electron chi connectivity index (χ1n) is 13.8. The second-order valence-corrected chi connectivity index (χ2v) is 12.9. The molecule has 0 atom stereocenters. The molecular weight excluding hydrogens is 560 g/mol. The first-order chi connectivity index (χ1) is 19.6. The maximum absolute atomic E-state index is 3.31. The van der Waals surface area contributed by atoms with Crippen LogP contribution in [0.25, 0.3) is 49.0 Å². The molecule has 0 radical (unpaired) electrons. The van der Waals surface area contributed by atoms with Gasteiger partial charge in [0, 0.05) is 0 Å². The predicted octanol–water partition coefficient (Wildman–Crippen LogP) is 10.2. The summed E-state index contributed by atoms with van der Waals surface area (Å²) >= 11 is 1.55. The summed E-state index contributed by atoms with van der Waals surface area (Å²) in [5.74, 6) is 0. The van der Waals surface area contributed by atoms with Crippen molar-refractivity contribution in [2.45, 2.75) is 20.3 Å². The molecule has 2 aliphatic rings. The maximum atomic E-state index is 3.31. The van der Waals surface area contributed by atoms with Crippen LogP contribution in [0.4, 0.5) is 0 Å². The molecular formula is C39H30Zr. The van der Waals surface area contributed by atoms with Gasteiger partial charge in [0.25, 0.3) is 0 Å². The van der Waals surface area contributed by atoms with E-state index in [1.807, 2.05) is 6.08 Å². The first-order valence-corrected chi connectivity index (χ1v) is 15.0. The molecule has 0 saturated carbocycles. The van der Waals surface area contributed by atoms with E-state index in [2.05, 4.69) is 147 Å². The number of hydrogen-bond donors (Lipinski definition) is 0. The molecule has 0 spiro atoms. The van der Waals surface area contributed by atoms with Crippen molar-refractivity contribution in [3.05, 3.63) is 156 Å². The fourth-order valence-corrected chi connectivity index (χ4v) is 5.57. The first kappa shape index (κ1) is 26.4. The van der Waals surface area contributed by atoms with Crippen LogP contribution in [0.1, 0.15) is 25.0 Å². The van der Waals surface area contributed by atoms with Crippen molar-refractivity contribution < 1.29 is 24.2 Å². The molecule has 2 aliphatic carbocycles. The molecule has 190 valence electrons. The van der Waals surface area contributed by atoms with Crippen molar-refractivity contribution in [2.75, 3.05) is 0 Å². The van der Waals surface area contributed by atoms with Gasteiger partial charge in [0.15, 0.2) is 0 Å². The van der Waals surface area contributed by atoms with Crippen molar-refractivity contribution >= 4 is 41.1 Å². The van der Waals surface area contributed by atoms with E-state index in [-0.39, 0.29) is 0 Å². The summed E-state index contributed by atoms with van der Waals surface area (Å²) in [7, 11) is 0. The van der Waals surface area contributed by atoms with E-state index >= 15 is 0 Å². The van der Waals surface area contributed by atoms with Crippen LogP contribution in [0.15, 0.2) is 139 Å². The standard InChI is InChI=1S/C19H13.C17H11.C3H6.Zr/c1-2-8-16-13-17(12-15(16)7-1)19-11-5-9-14-6-3-4-10-18(14)19;1-2-6-15-12(4-1)8-10-14-11-9-13-5-3-7-16(13)17(14)15;1-3-2;/h1-13H;1-4,6-10H,11H2;1-2H3;/q2*-1;;+2. The summed E-state index contributed by atoms with van der Waals surface area (Å²) in [5, 5.41) is 7.92. The molecule has 0 heterocycles. The van der Waals surface area contributed by atoms with Crippen molar-refractivity contribution in [2.24, 2.45) is 0 Å². The summed E-state index contributed by atoms with van der Waals surface area (Å²) in [6.07, 6.45) is 10.8. The quantitative estimate of drug-likeness (QED) is 0.167. The number of benzene rings is 5. The van der Waals surface area contributed by atoms with Gasteiger partial charge in [0.05, 0.1) is 0 Å². The van der Waals surface area contributed by atoms with Gasteiger partial charge in [-0.1, -0.05) is 114 Å². The zero-order valence-electron chi connectivity index (χ0n) is 22.9. The molecule has 40 heavy (non-hydrogen) atoms. The molecule has 6 aromatic rings. The van der Waals surface area contributed by atoms with E-state index < -0.39 is 0 Å². The second-order valence-electron chi connectivity index (χ2n) is 10.4. The number of fused-ring (bicyclic) bond motifs is 7. The average molecular weight is 590 g/mol. The summed E-state index contributed by atoms with van der Waals surface area (Å²) in [4.78, 5) is 0. The van der Waals surface area contributed by atoms with E-state index in [1.54, 1.807) is 24.2 Å². The SMILES string of the molecule is C[C](C)=[Zr+2].[C-]1=CC=C2C1=CCc1ccc3ccccc3c12.c1ccc2[cH-]c(-c3cccc4ccccc34)cc2c1. The van der Waals surface area contributed by atoms with Crippen molar-refractivity contribution in [3.8, 4) is 11.1 Å². The van der Waals surface area contributed by atoms with E-state index in [9.17, 15) is 0 Å². The van der Waals surface area contributed by atoms with Crippen LogP contribution in [-0.4, -0.2) is 3.21 Å².